The number of oxime groups is 1. The van der Waals surface area contributed by atoms with Crippen LogP contribution in [0, 0.1) is 0 Å². The van der Waals surface area contributed by atoms with Gasteiger partial charge in [0.05, 0.1) is 6.61 Å². The van der Waals surface area contributed by atoms with E-state index in [4.69, 9.17) is 9.57 Å². The van der Waals surface area contributed by atoms with Gasteiger partial charge in [-0.1, -0.05) is 116 Å². The maximum Gasteiger partial charge on any atom is 0.360 e. The molecule has 0 saturated heterocycles. The Morgan fingerprint density at radius 1 is 0.884 bits per heavy atom. The van der Waals surface area contributed by atoms with Gasteiger partial charge in [0.25, 0.3) is 0 Å². The van der Waals surface area contributed by atoms with Crippen molar-refractivity contribution in [2.75, 3.05) is 11.9 Å². The summed E-state index contributed by atoms with van der Waals surface area (Å²) in [5, 5.41) is 19.6. The van der Waals surface area contributed by atoms with E-state index < -0.39 is 36.9 Å². The summed E-state index contributed by atoms with van der Waals surface area (Å²) in [4.78, 5) is 35.0. The molecule has 0 spiro atoms. The fraction of sp³-hybridized carbons (Fsp3) is 0.273. The first-order valence-electron chi connectivity index (χ1n) is 14.0. The zero-order chi connectivity index (χ0) is 31.1. The number of carbonyl (C=O) groups excluding carboxylic acids is 1. The topological polar surface area (TPSA) is 110 Å². The molecule has 10 heteroatoms. The molecule has 0 atom stereocenters. The number of anilines is 1. The molecule has 0 bridgehead atoms. The number of benzene rings is 3. The van der Waals surface area contributed by atoms with Crippen LogP contribution in [-0.4, -0.2) is 48.0 Å². The van der Waals surface area contributed by atoms with Gasteiger partial charge in [-0.05, 0) is 36.6 Å². The van der Waals surface area contributed by atoms with Crippen LogP contribution in [0.3, 0.4) is 0 Å². The van der Waals surface area contributed by atoms with E-state index in [1.165, 1.54) is 25.2 Å². The van der Waals surface area contributed by atoms with Crippen LogP contribution >= 0.6 is 11.3 Å². The normalized spacial score (nSPS) is 12.4. The monoisotopic (exact) mass is 615 g/mol. The molecule has 4 rings (SSSR count). The van der Waals surface area contributed by atoms with Crippen LogP contribution in [0.4, 0.5) is 5.13 Å². The van der Waals surface area contributed by atoms with E-state index in [2.05, 4.69) is 35.1 Å². The lowest BCUT2D eigenvalue weighted by Gasteiger charge is -2.36. The minimum absolute atomic E-state index is 0.103. The van der Waals surface area contributed by atoms with Crippen molar-refractivity contribution < 1.29 is 24.3 Å². The number of hydrogen-bond donors (Lipinski definition) is 2. The van der Waals surface area contributed by atoms with E-state index in [0.29, 0.717) is 5.13 Å². The molecule has 0 unspecified atom stereocenters. The lowest BCUT2D eigenvalue weighted by Crippen LogP contribution is -2.38. The average molecular weight is 616 g/mol. The fourth-order valence-corrected chi connectivity index (χ4v) is 5.86. The SMILES string of the molecule is CC(C)(O/N=C(/C(=O)O)c1csc(NC(c2ccccc2)(c2ccccc2)c2ccccc2)n1)C(=O)OCC[Si](C)(C)C. The van der Waals surface area contributed by atoms with Gasteiger partial charge in [0.2, 0.25) is 11.3 Å². The van der Waals surface area contributed by atoms with Gasteiger partial charge in [0, 0.05) is 13.5 Å². The van der Waals surface area contributed by atoms with Crippen molar-refractivity contribution in [3.8, 4) is 0 Å². The molecule has 0 aliphatic rings. The van der Waals surface area contributed by atoms with Gasteiger partial charge in [-0.25, -0.2) is 14.6 Å². The van der Waals surface area contributed by atoms with E-state index >= 15 is 0 Å². The largest absolute Gasteiger partial charge is 0.476 e. The molecule has 224 valence electrons. The Labute approximate surface area is 257 Å². The van der Waals surface area contributed by atoms with Crippen LogP contribution in [0.1, 0.15) is 36.2 Å². The fourth-order valence-electron chi connectivity index (χ4n) is 4.40. The number of ether oxygens (including phenoxy) is 1. The molecule has 43 heavy (non-hydrogen) atoms. The first-order chi connectivity index (χ1) is 20.4. The van der Waals surface area contributed by atoms with Crippen LogP contribution in [-0.2, 0) is 24.7 Å². The number of nitrogens with one attached hydrogen (secondary N) is 1. The van der Waals surface area contributed by atoms with Crippen LogP contribution in [0.5, 0.6) is 0 Å². The second-order valence-corrected chi connectivity index (χ2v) is 18.3. The molecule has 0 amide bonds. The van der Waals surface area contributed by atoms with E-state index in [1.54, 1.807) is 5.38 Å². The summed E-state index contributed by atoms with van der Waals surface area (Å²) >= 11 is 1.25. The Balaban J connectivity index is 1.67. The zero-order valence-electron chi connectivity index (χ0n) is 25.0. The lowest BCUT2D eigenvalue weighted by molar-refractivity contribution is -0.167. The number of carbonyl (C=O) groups is 2. The van der Waals surface area contributed by atoms with Crippen molar-refractivity contribution in [2.24, 2.45) is 5.16 Å². The Kier molecular flexibility index (Phi) is 9.83. The quantitative estimate of drug-likeness (QED) is 0.0547. The molecule has 2 N–H and O–H groups in total. The second kappa shape index (κ2) is 13.3. The minimum Gasteiger partial charge on any atom is -0.476 e. The van der Waals surface area contributed by atoms with Crippen molar-refractivity contribution in [1.29, 1.82) is 0 Å². The second-order valence-electron chi connectivity index (χ2n) is 11.8. The molecule has 0 aliphatic carbocycles. The van der Waals surface area contributed by atoms with Crippen molar-refractivity contribution in [1.82, 2.24) is 4.98 Å². The molecule has 8 nitrogen and oxygen atoms in total. The first kappa shape index (κ1) is 31.6. The summed E-state index contributed by atoms with van der Waals surface area (Å²) in [5.74, 6) is -1.95. The van der Waals surface area contributed by atoms with E-state index in [1.807, 2.05) is 91.0 Å². The number of thiazole rings is 1. The highest BCUT2D eigenvalue weighted by Crippen LogP contribution is 2.40. The summed E-state index contributed by atoms with van der Waals surface area (Å²) in [6, 6.07) is 30.9. The number of aromatic nitrogens is 1. The van der Waals surface area contributed by atoms with Crippen molar-refractivity contribution in [3.05, 3.63) is 119 Å². The molecule has 1 heterocycles. The minimum atomic E-state index is -1.49. The predicted octanol–water partition coefficient (Wildman–Crippen LogP) is 7.01. The van der Waals surface area contributed by atoms with Crippen LogP contribution in [0.2, 0.25) is 25.7 Å². The van der Waals surface area contributed by atoms with Crippen molar-refractivity contribution in [2.45, 2.75) is 50.7 Å². The van der Waals surface area contributed by atoms with Gasteiger partial charge in [-0.15, -0.1) is 11.3 Å². The molecule has 3 aromatic carbocycles. The molecular formula is C33H37N3O5SSi. The number of esters is 1. The highest BCUT2D eigenvalue weighted by Gasteiger charge is 2.38. The highest BCUT2D eigenvalue weighted by molar-refractivity contribution is 7.14. The number of carboxylic acids is 1. The van der Waals surface area contributed by atoms with Crippen molar-refractivity contribution in [3.63, 3.8) is 0 Å². The van der Waals surface area contributed by atoms with Gasteiger partial charge >= 0.3 is 11.9 Å². The van der Waals surface area contributed by atoms with Gasteiger partial charge in [0.15, 0.2) is 5.13 Å². The molecule has 0 saturated carbocycles. The van der Waals surface area contributed by atoms with Crippen LogP contribution in [0.25, 0.3) is 0 Å². The van der Waals surface area contributed by atoms with Gasteiger partial charge in [-0.3, -0.25) is 0 Å². The predicted molar refractivity (Wildman–Crippen MR) is 173 cm³/mol. The average Bonchev–Trinajstić information content (AvgIpc) is 3.44. The Hall–Kier alpha value is -4.28. The standard InChI is InChI=1S/C33H37N3O5SSi/c1-32(2,30(39)40-21-22-43(3,4)5)41-36-28(29(37)38)27-23-42-31(34-27)35-33(24-15-9-6-10-16-24,25-17-11-7-12-18-25)26-19-13-8-14-20-26/h6-20,23H,21-22H2,1-5H3,(H,34,35)(H,37,38)/b36-28+. The maximum atomic E-state index is 12.7. The summed E-state index contributed by atoms with van der Waals surface area (Å²) < 4.78 is 5.40. The lowest BCUT2D eigenvalue weighted by atomic mass is 9.77. The van der Waals surface area contributed by atoms with Crippen LogP contribution in [0.15, 0.2) is 102 Å². The number of rotatable bonds is 13. The summed E-state index contributed by atoms with van der Waals surface area (Å²) in [6.45, 7) is 9.83. The van der Waals surface area contributed by atoms with Gasteiger partial charge in [-0.2, -0.15) is 0 Å². The number of nitrogens with zero attached hydrogens (tertiary/aromatic N) is 2. The summed E-state index contributed by atoms with van der Waals surface area (Å²) in [6.07, 6.45) is 0. The molecular weight excluding hydrogens is 579 g/mol. The first-order valence-corrected chi connectivity index (χ1v) is 18.6. The maximum absolute atomic E-state index is 12.7. The molecule has 0 fully saturated rings. The molecule has 1 aromatic heterocycles. The third-order valence-corrected chi connectivity index (χ3v) is 9.27. The van der Waals surface area contributed by atoms with E-state index in [9.17, 15) is 14.7 Å². The van der Waals surface area contributed by atoms with Gasteiger partial charge < -0.3 is 20.0 Å². The Morgan fingerprint density at radius 2 is 1.37 bits per heavy atom. The highest BCUT2D eigenvalue weighted by atomic mass is 32.1. The zero-order valence-corrected chi connectivity index (χ0v) is 26.9. The van der Waals surface area contributed by atoms with E-state index in [-0.39, 0.29) is 12.3 Å². The van der Waals surface area contributed by atoms with Crippen LogP contribution < -0.4 is 5.32 Å². The Morgan fingerprint density at radius 3 is 1.81 bits per heavy atom. The number of hydrogen-bond acceptors (Lipinski definition) is 8. The number of aliphatic carboxylic acids is 1. The molecule has 4 aromatic rings. The third kappa shape index (κ3) is 7.77. The summed E-state index contributed by atoms with van der Waals surface area (Å²) in [5.41, 5.74) is 0.303. The van der Waals surface area contributed by atoms with Gasteiger partial charge in [0.1, 0.15) is 11.2 Å². The smallest absolute Gasteiger partial charge is 0.360 e. The molecule has 0 radical (unpaired) electrons. The summed E-state index contributed by atoms with van der Waals surface area (Å²) in [7, 11) is -1.40. The van der Waals surface area contributed by atoms with E-state index in [0.717, 1.165) is 22.7 Å². The molecule has 0 aliphatic heterocycles. The number of carboxylic acid groups (broad SMARTS) is 1. The third-order valence-electron chi connectivity index (χ3n) is 6.81. The Bertz CT molecular complexity index is 1460. The van der Waals surface area contributed by atoms with Crippen molar-refractivity contribution >= 4 is 42.2 Å².